The Labute approximate surface area is 679 Å². The third-order valence-corrected chi connectivity index (χ3v) is 23.1. The van der Waals surface area contributed by atoms with E-state index in [2.05, 4.69) is 61.8 Å². The number of anilines is 12. The summed E-state index contributed by atoms with van der Waals surface area (Å²) in [5.41, 5.74) is 39.6. The van der Waals surface area contributed by atoms with Gasteiger partial charge in [-0.3, -0.25) is 47.5 Å². The molecule has 8 amide bonds. The summed E-state index contributed by atoms with van der Waals surface area (Å²) in [5.74, 6) is -12.4. The molecule has 0 atom stereocenters. The molecule has 54 heteroatoms. The van der Waals surface area contributed by atoms with Gasteiger partial charge in [0.05, 0.1) is 71.9 Å². The Morgan fingerprint density at radius 1 is 0.277 bits per heavy atom. The van der Waals surface area contributed by atoms with Crippen molar-refractivity contribution < 1.29 is 98.0 Å². The molecule has 0 aliphatic rings. The molecular weight excluding hydrogens is 1620 g/mol. The second kappa shape index (κ2) is 37.1. The topological polar surface area (TPSA) is 753 Å². The van der Waals surface area contributed by atoms with E-state index < -0.39 is 236 Å². The van der Waals surface area contributed by atoms with Gasteiger partial charge in [0.25, 0.3) is 20.2 Å². The van der Waals surface area contributed by atoms with Crippen LogP contribution in [-0.4, -0.2) is 265 Å². The van der Waals surface area contributed by atoms with Crippen LogP contribution in [0.15, 0.2) is 163 Å². The Bertz CT molecular complexity index is 5120. The van der Waals surface area contributed by atoms with Crippen LogP contribution < -0.4 is 77.8 Å². The van der Waals surface area contributed by atoms with E-state index >= 15 is 0 Å². The fraction of sp³-hybridized carbons (Fsp3) is 0.138. The minimum atomic E-state index is -5.50. The number of sulfonamides is 4. The van der Waals surface area contributed by atoms with E-state index in [1.54, 1.807) is 0 Å². The number of nitrogens with one attached hydrogen (secondary N) is 6. The van der Waals surface area contributed by atoms with Gasteiger partial charge in [-0.25, -0.2) is 33.7 Å². The molecule has 0 saturated heterocycles. The molecule has 6 aromatic carbocycles. The first kappa shape index (κ1) is 90.2. The molecule has 2 aromatic heterocycles. The van der Waals surface area contributed by atoms with E-state index in [4.69, 9.17) is 45.9 Å². The van der Waals surface area contributed by atoms with Crippen molar-refractivity contribution in [2.75, 3.05) is 84.3 Å². The van der Waals surface area contributed by atoms with Crippen molar-refractivity contribution in [3.63, 3.8) is 0 Å². The van der Waals surface area contributed by atoms with E-state index in [0.29, 0.717) is 17.2 Å². The smallest absolute Gasteiger partial charge is 0.295 e. The minimum absolute atomic E-state index is 0. The summed E-state index contributed by atoms with van der Waals surface area (Å²) in [6.45, 7) is -7.82. The van der Waals surface area contributed by atoms with Gasteiger partial charge in [-0.15, -0.1) is 0 Å². The van der Waals surface area contributed by atoms with E-state index in [1.807, 2.05) is 0 Å². The van der Waals surface area contributed by atoms with E-state index in [-0.39, 0.29) is 93.2 Å². The van der Waals surface area contributed by atoms with Crippen molar-refractivity contribution >= 4 is 237 Å². The van der Waals surface area contributed by atoms with E-state index in [1.165, 1.54) is 48.5 Å². The summed E-state index contributed by atoms with van der Waals surface area (Å²) in [7, 11) is -29.9. The molecule has 0 unspecified atom stereocenters. The van der Waals surface area contributed by atoms with Crippen molar-refractivity contribution in [3.05, 3.63) is 133 Å². The molecule has 584 valence electrons. The van der Waals surface area contributed by atoms with Gasteiger partial charge in [0.2, 0.25) is 123 Å². The summed E-state index contributed by atoms with van der Waals surface area (Å²) in [6, 6.07) is 23.8. The van der Waals surface area contributed by atoms with Crippen molar-refractivity contribution in [2.24, 2.45) is 45.9 Å². The molecule has 8 aromatic rings. The molecule has 46 nitrogen and oxygen atoms in total. The molecule has 0 saturated carbocycles. The maximum absolute atomic E-state index is 13.8. The number of benzene rings is 6. The fourth-order valence-electron chi connectivity index (χ4n) is 9.76. The first-order valence-corrected chi connectivity index (χ1v) is 39.0. The van der Waals surface area contributed by atoms with Crippen LogP contribution in [0.5, 0.6) is 0 Å². The number of nitrogens with zero attached hydrogens (tertiary/aromatic N) is 10. The zero-order valence-corrected chi connectivity index (χ0v) is 66.9. The number of carbonyl (C=O) groups excluding carboxylic acids is 8. The molecule has 2 radical (unpaired) electrons. The number of nitrogens with two attached hydrogens (primary N) is 8. The largest absolute Gasteiger partial charge is 0.369 e. The van der Waals surface area contributed by atoms with Gasteiger partial charge in [0, 0.05) is 104 Å². The van der Waals surface area contributed by atoms with Crippen LogP contribution in [0.1, 0.15) is 0 Å². The summed E-state index contributed by atoms with van der Waals surface area (Å²) in [6.07, 6.45) is 0. The number of primary amides is 8. The fourth-order valence-corrected chi connectivity index (χ4v) is 16.9. The van der Waals surface area contributed by atoms with Crippen LogP contribution in [0, 0.1) is 0 Å². The van der Waals surface area contributed by atoms with Crippen LogP contribution in [0.25, 0.3) is 11.1 Å². The molecule has 8 rings (SSSR count). The van der Waals surface area contributed by atoms with Gasteiger partial charge in [-0.1, -0.05) is 36.4 Å². The van der Waals surface area contributed by atoms with Gasteiger partial charge >= 0.3 is 0 Å². The van der Waals surface area contributed by atoms with Crippen LogP contribution in [0.3, 0.4) is 0 Å². The maximum Gasteiger partial charge on any atom is 0.295 e. The van der Waals surface area contributed by atoms with Crippen molar-refractivity contribution in [3.8, 4) is 11.1 Å². The minimum Gasteiger partial charge on any atom is -0.369 e. The van der Waals surface area contributed by atoms with Crippen LogP contribution in [0.4, 0.5) is 69.8 Å². The number of aromatic nitrogens is 6. The third-order valence-electron chi connectivity index (χ3n) is 14.2. The maximum atomic E-state index is 13.8. The van der Waals surface area contributed by atoms with Gasteiger partial charge in [0.15, 0.2) is 0 Å². The van der Waals surface area contributed by atoms with Crippen molar-refractivity contribution in [1.82, 2.24) is 47.1 Å². The Morgan fingerprint density at radius 2 is 0.446 bits per heavy atom. The summed E-state index contributed by atoms with van der Waals surface area (Å²) in [4.78, 5) is 116. The monoisotopic (exact) mass is 1680 g/mol. The quantitative estimate of drug-likeness (QED) is 0.0128. The average Bonchev–Trinajstić information content (AvgIpc) is 0.765. The van der Waals surface area contributed by atoms with Gasteiger partial charge in [-0.05, 0) is 97.1 Å². The Kier molecular flexibility index (Phi) is 29.9. The van der Waals surface area contributed by atoms with Gasteiger partial charge in [-0.2, -0.15) is 64.0 Å². The molecule has 0 aliphatic carbocycles. The Hall–Kier alpha value is -10.6. The number of rotatable bonds is 39. The zero-order valence-electron chi connectivity index (χ0n) is 58.0. The molecule has 112 heavy (non-hydrogen) atoms. The van der Waals surface area contributed by atoms with Crippen molar-refractivity contribution in [1.29, 1.82) is 0 Å². The molecule has 24 N–H and O–H groups in total. The molecular formula is C58H62N24Na2O22S6. The predicted octanol–water partition coefficient (Wildman–Crippen LogP) is -4.24. The van der Waals surface area contributed by atoms with Crippen molar-refractivity contribution in [2.45, 2.75) is 29.4 Å². The molecule has 2 heterocycles. The normalized spacial score (nSPS) is 11.9. The predicted molar refractivity (Wildman–Crippen MR) is 397 cm³/mol. The molecule has 0 fully saturated rings. The second-order valence-corrected chi connectivity index (χ2v) is 33.2. The number of hydrogen-bond acceptors (Lipinski definition) is 32. The Balaban J connectivity index is 0.00000978. The molecule has 0 bridgehead atoms. The van der Waals surface area contributed by atoms with Gasteiger partial charge < -0.3 is 77.8 Å². The summed E-state index contributed by atoms with van der Waals surface area (Å²) < 4.78 is 187. The summed E-state index contributed by atoms with van der Waals surface area (Å²) >= 11 is 0. The van der Waals surface area contributed by atoms with E-state index in [0.717, 1.165) is 84.9 Å². The standard InChI is InChI=1S/C58H62N24O22S6.2Na/c59-45(83)23-79(24-46(60)84)105(91,92)37-9-1-5-31(17-37)67-53-73-54(68-32-6-2-10-38(18-32)106(93,94)80(25-47(61)85)26-48(62)86)76-57(75-53)71-35-13-15-41(43(21-35)109(99,100)101)42-16-14-36(22-44(42)110(102,103)104)72-58-77-55(69-33-7-3-11-39(19-33)107(95,96)81(27-49(63)87)28-50(64)88)74-56(78-58)70-34-8-4-12-40(20-34)108(97,98)82(29-51(65)89)30-52(66)90;;/h1-22H,23-30H2,(H2,59,83)(H2,60,84)(H2,61,85)(H2,62,86)(H2,63,87)(H2,64,88)(H2,65,89)(H2,66,90)(H,99,100,101)(H,102,103,104)(H3,67,68,71,73,75,76)(H3,69,70,72,74,77,78);;. The molecule has 0 aliphatic heterocycles. The molecule has 0 spiro atoms. The first-order chi connectivity index (χ1) is 51.3. The van der Waals surface area contributed by atoms with Gasteiger partial charge in [0.1, 0.15) is 9.79 Å². The summed E-state index contributed by atoms with van der Waals surface area (Å²) in [5, 5.41) is 16.2. The first-order valence-electron chi connectivity index (χ1n) is 30.3. The number of hydrogen-bond donors (Lipinski definition) is 16. The second-order valence-electron chi connectivity index (χ2n) is 22.7. The van der Waals surface area contributed by atoms with Crippen LogP contribution in [-0.2, 0) is 98.7 Å². The SMILES string of the molecule is NC(=O)CN(CC(N)=O)S(=O)(=O)c1cccc(Nc2nc(Nc3cccc(S(=O)(=O)N(CC(N)=O)CC(N)=O)c3)nc(Nc3ccc(-c4ccc(Nc5nc(Nc6cccc(S(=O)(=O)N(CC(N)=O)CC(N)=O)c6)nc(Nc6cccc(S(=O)(=O)N(CC(N)=O)CC(N)=O)c6)n5)cc4S(=O)(=O)O)c(S(=O)(=O)O)c3)n2)c1.[Na].[Na]. The van der Waals surface area contributed by atoms with Crippen LogP contribution in [0.2, 0.25) is 0 Å². The van der Waals surface area contributed by atoms with Crippen LogP contribution >= 0.6 is 0 Å². The third kappa shape index (κ3) is 24.2. The Morgan fingerprint density at radius 3 is 0.607 bits per heavy atom. The van der Waals surface area contributed by atoms with E-state index in [9.17, 15) is 98.0 Å². The zero-order chi connectivity index (χ0) is 81.2. The average molecular weight is 1690 g/mol. The number of carbonyl (C=O) groups is 8. The number of amides is 8.